The summed E-state index contributed by atoms with van der Waals surface area (Å²) < 4.78 is 7.76. The van der Waals surface area contributed by atoms with E-state index in [1.54, 1.807) is 0 Å². The molecule has 3 nitrogen and oxygen atoms in total. The highest BCUT2D eigenvalue weighted by molar-refractivity contribution is 6.08. The van der Waals surface area contributed by atoms with Gasteiger partial charge < -0.3 is 8.98 Å². The minimum absolute atomic E-state index is 0.307. The van der Waals surface area contributed by atoms with Crippen LogP contribution in [0, 0.1) is 0 Å². The zero-order chi connectivity index (χ0) is 18.2. The summed E-state index contributed by atoms with van der Waals surface area (Å²) in [5.74, 6) is 0.593. The van der Waals surface area contributed by atoms with Crippen molar-refractivity contribution in [3.8, 4) is 11.3 Å². The molecule has 2 heterocycles. The first-order chi connectivity index (χ1) is 13.3. The Morgan fingerprint density at radius 3 is 2.19 bits per heavy atom. The number of hydrogen-bond donors (Lipinski definition) is 0. The molecule has 0 fully saturated rings. The van der Waals surface area contributed by atoms with E-state index >= 15 is 0 Å². The van der Waals surface area contributed by atoms with Crippen molar-refractivity contribution in [1.82, 2.24) is 4.57 Å². The van der Waals surface area contributed by atoms with Gasteiger partial charge in [-0.05, 0) is 17.7 Å². The van der Waals surface area contributed by atoms with Crippen molar-refractivity contribution < 1.29 is 4.42 Å². The number of hydrogen-bond acceptors (Lipinski definition) is 2. The van der Waals surface area contributed by atoms with Gasteiger partial charge in [-0.2, -0.15) is 0 Å². The minimum atomic E-state index is -0.307. The normalized spacial score (nSPS) is 11.3. The molecule has 5 rings (SSSR count). The molecule has 2 aromatic heterocycles. The molecule has 0 saturated carbocycles. The van der Waals surface area contributed by atoms with Gasteiger partial charge in [0, 0.05) is 28.4 Å². The molecule has 0 aliphatic carbocycles. The van der Waals surface area contributed by atoms with E-state index in [0.29, 0.717) is 17.8 Å². The number of nitrogens with zero attached hydrogens (tertiary/aromatic N) is 1. The molecule has 0 N–H and O–H groups in total. The Hall–Kier alpha value is -3.59. The summed E-state index contributed by atoms with van der Waals surface area (Å²) in [6.45, 7) is 0.625. The second-order valence-electron chi connectivity index (χ2n) is 6.62. The van der Waals surface area contributed by atoms with E-state index in [9.17, 15) is 4.79 Å². The third kappa shape index (κ3) is 2.64. The number of rotatable bonds is 3. The number of aromatic nitrogens is 1. The Bertz CT molecular complexity index is 1300. The summed E-state index contributed by atoms with van der Waals surface area (Å²) in [4.78, 5) is 13.0. The lowest BCUT2D eigenvalue weighted by Gasteiger charge is -2.07. The van der Waals surface area contributed by atoms with Crippen molar-refractivity contribution in [2.75, 3.05) is 0 Å². The minimum Gasteiger partial charge on any atom is -0.421 e. The van der Waals surface area contributed by atoms with Crippen molar-refractivity contribution in [2.45, 2.75) is 6.54 Å². The first kappa shape index (κ1) is 15.6. The van der Waals surface area contributed by atoms with Crippen LogP contribution in [0.3, 0.4) is 0 Å². The first-order valence-corrected chi connectivity index (χ1v) is 8.96. The molecule has 3 heteroatoms. The molecule has 0 aliphatic heterocycles. The van der Waals surface area contributed by atoms with E-state index < -0.39 is 0 Å². The molecule has 0 bridgehead atoms. The van der Waals surface area contributed by atoms with Gasteiger partial charge >= 0.3 is 5.63 Å². The average molecular weight is 351 g/mol. The maximum atomic E-state index is 13.0. The Labute approximate surface area is 156 Å². The van der Waals surface area contributed by atoms with Crippen LogP contribution in [0.25, 0.3) is 33.1 Å². The van der Waals surface area contributed by atoms with Gasteiger partial charge in [0.05, 0.1) is 0 Å². The maximum absolute atomic E-state index is 13.0. The van der Waals surface area contributed by atoms with Crippen molar-refractivity contribution in [3.63, 3.8) is 0 Å². The van der Waals surface area contributed by atoms with Crippen LogP contribution in [0.2, 0.25) is 0 Å². The van der Waals surface area contributed by atoms with Gasteiger partial charge in [-0.3, -0.25) is 0 Å². The van der Waals surface area contributed by atoms with Gasteiger partial charge in [0.2, 0.25) is 0 Å². The second kappa shape index (κ2) is 6.29. The fraction of sp³-hybridized carbons (Fsp3) is 0.0417. The van der Waals surface area contributed by atoms with Crippen LogP contribution in [0.1, 0.15) is 5.56 Å². The summed E-state index contributed by atoms with van der Waals surface area (Å²) in [7, 11) is 0. The highest BCUT2D eigenvalue weighted by Gasteiger charge is 2.16. The third-order valence-corrected chi connectivity index (χ3v) is 4.92. The van der Waals surface area contributed by atoms with E-state index in [-0.39, 0.29) is 5.63 Å². The number of para-hydroxylation sites is 1. The van der Waals surface area contributed by atoms with E-state index in [1.165, 1.54) is 0 Å². The SMILES string of the molecule is O=c1oc(-c2ccccc2)cc2c3ccccc3n(Cc3ccccc3)c12. The van der Waals surface area contributed by atoms with Crippen LogP contribution in [-0.4, -0.2) is 4.57 Å². The van der Waals surface area contributed by atoms with E-state index in [2.05, 4.69) is 28.8 Å². The lowest BCUT2D eigenvalue weighted by Crippen LogP contribution is -2.08. The van der Waals surface area contributed by atoms with Gasteiger partial charge in [0.25, 0.3) is 0 Å². The molecular formula is C24H17NO2. The van der Waals surface area contributed by atoms with Gasteiger partial charge in [-0.25, -0.2) is 4.79 Å². The molecule has 130 valence electrons. The standard InChI is InChI=1S/C24H17NO2/c26-24-23-20(15-22(27-24)18-11-5-2-6-12-18)19-13-7-8-14-21(19)25(23)16-17-9-3-1-4-10-17/h1-15H,16H2. The molecule has 0 atom stereocenters. The lowest BCUT2D eigenvalue weighted by molar-refractivity contribution is 0.530. The summed E-state index contributed by atoms with van der Waals surface area (Å²) in [5.41, 5.74) is 3.38. The monoisotopic (exact) mass is 351 g/mol. The van der Waals surface area contributed by atoms with Gasteiger partial charge in [0.1, 0.15) is 11.3 Å². The fourth-order valence-corrected chi connectivity index (χ4v) is 3.68. The van der Waals surface area contributed by atoms with Crippen molar-refractivity contribution >= 4 is 21.8 Å². The van der Waals surface area contributed by atoms with Gasteiger partial charge in [0.15, 0.2) is 0 Å². The molecule has 3 aromatic carbocycles. The highest BCUT2D eigenvalue weighted by Crippen LogP contribution is 2.31. The summed E-state index contributed by atoms with van der Waals surface area (Å²) in [6, 6.07) is 30.0. The highest BCUT2D eigenvalue weighted by atomic mass is 16.4. The molecule has 0 amide bonds. The molecule has 0 saturated heterocycles. The maximum Gasteiger partial charge on any atom is 0.361 e. The Morgan fingerprint density at radius 1 is 0.741 bits per heavy atom. The van der Waals surface area contributed by atoms with Crippen LogP contribution in [-0.2, 0) is 6.54 Å². The molecule has 0 radical (unpaired) electrons. The van der Waals surface area contributed by atoms with Crippen LogP contribution in [0.5, 0.6) is 0 Å². The van der Waals surface area contributed by atoms with Crippen LogP contribution >= 0.6 is 0 Å². The zero-order valence-electron chi connectivity index (χ0n) is 14.6. The average Bonchev–Trinajstić information content (AvgIpc) is 3.04. The van der Waals surface area contributed by atoms with E-state index in [0.717, 1.165) is 27.4 Å². The third-order valence-electron chi connectivity index (χ3n) is 4.92. The smallest absolute Gasteiger partial charge is 0.361 e. The van der Waals surface area contributed by atoms with Gasteiger partial charge in [-0.15, -0.1) is 0 Å². The largest absolute Gasteiger partial charge is 0.421 e. The topological polar surface area (TPSA) is 35.1 Å². The lowest BCUT2D eigenvalue weighted by atomic mass is 10.1. The quantitative estimate of drug-likeness (QED) is 0.432. The van der Waals surface area contributed by atoms with E-state index in [1.807, 2.05) is 66.7 Å². The molecule has 0 unspecified atom stereocenters. The second-order valence-corrected chi connectivity index (χ2v) is 6.62. The van der Waals surface area contributed by atoms with Crippen LogP contribution < -0.4 is 5.63 Å². The molecular weight excluding hydrogens is 334 g/mol. The summed E-state index contributed by atoms with van der Waals surface area (Å²) in [5, 5.41) is 1.99. The predicted octanol–water partition coefficient (Wildman–Crippen LogP) is 5.46. The fourth-order valence-electron chi connectivity index (χ4n) is 3.68. The number of benzene rings is 3. The van der Waals surface area contributed by atoms with Crippen LogP contribution in [0.15, 0.2) is 100 Å². The van der Waals surface area contributed by atoms with E-state index in [4.69, 9.17) is 4.42 Å². The molecule has 5 aromatic rings. The molecule has 0 aliphatic rings. The predicted molar refractivity (Wildman–Crippen MR) is 109 cm³/mol. The summed E-state index contributed by atoms with van der Waals surface area (Å²) in [6.07, 6.45) is 0. The number of fused-ring (bicyclic) bond motifs is 3. The first-order valence-electron chi connectivity index (χ1n) is 8.96. The molecule has 0 spiro atoms. The van der Waals surface area contributed by atoms with Crippen LogP contribution in [0.4, 0.5) is 0 Å². The zero-order valence-corrected chi connectivity index (χ0v) is 14.6. The van der Waals surface area contributed by atoms with Crippen molar-refractivity contribution in [1.29, 1.82) is 0 Å². The Kier molecular flexibility index (Phi) is 3.65. The summed E-state index contributed by atoms with van der Waals surface area (Å²) >= 11 is 0. The Morgan fingerprint density at radius 2 is 1.41 bits per heavy atom. The Balaban J connectivity index is 1.81. The van der Waals surface area contributed by atoms with Gasteiger partial charge in [-0.1, -0.05) is 78.9 Å². The van der Waals surface area contributed by atoms with Crippen molar-refractivity contribution in [3.05, 3.63) is 107 Å². The molecule has 27 heavy (non-hydrogen) atoms. The van der Waals surface area contributed by atoms with Crippen molar-refractivity contribution in [2.24, 2.45) is 0 Å².